The molecule has 4 rings (SSSR count). The largest absolute Gasteiger partial charge is 0.381 e. The Hall–Kier alpha value is -1.88. The Morgan fingerprint density at radius 1 is 1.11 bits per heavy atom. The van der Waals surface area contributed by atoms with Crippen molar-refractivity contribution in [3.05, 3.63) is 30.0 Å². The summed E-state index contributed by atoms with van der Waals surface area (Å²) in [7, 11) is 1.78. The van der Waals surface area contributed by atoms with Gasteiger partial charge in [-0.3, -0.25) is 9.48 Å². The van der Waals surface area contributed by atoms with Crippen molar-refractivity contribution in [1.29, 1.82) is 0 Å². The van der Waals surface area contributed by atoms with E-state index >= 15 is 0 Å². The third kappa shape index (κ3) is 4.03. The monoisotopic (exact) mass is 369 g/mol. The van der Waals surface area contributed by atoms with Crippen LogP contribution in [0.4, 0.5) is 0 Å². The zero-order chi connectivity index (χ0) is 18.8. The number of hydrogen-bond acceptors (Lipinski definition) is 3. The van der Waals surface area contributed by atoms with Gasteiger partial charge in [0.05, 0.1) is 23.9 Å². The summed E-state index contributed by atoms with van der Waals surface area (Å²) in [5.74, 6) is 0.417. The first-order chi connectivity index (χ1) is 13.1. The van der Waals surface area contributed by atoms with E-state index in [1.54, 1.807) is 7.11 Å². The zero-order valence-electron chi connectivity index (χ0n) is 16.5. The van der Waals surface area contributed by atoms with Gasteiger partial charge in [-0.25, -0.2) is 0 Å². The molecule has 0 bridgehead atoms. The van der Waals surface area contributed by atoms with Gasteiger partial charge < -0.3 is 10.1 Å². The molecule has 5 heteroatoms. The third-order valence-electron chi connectivity index (χ3n) is 6.52. The topological polar surface area (TPSA) is 56.1 Å². The summed E-state index contributed by atoms with van der Waals surface area (Å²) >= 11 is 0. The standard InChI is InChI=1S/C22H31N3O2/c1-15-3-12-21-17(13-15)14-23-25(21)19-8-4-16(5-9-19)22(26)24-18-6-10-20(27-2)11-7-18/h3,12-14,16,18-20H,4-11H2,1-2H3,(H,24,26). The van der Waals surface area contributed by atoms with Gasteiger partial charge in [0.25, 0.3) is 0 Å². The summed E-state index contributed by atoms with van der Waals surface area (Å²) in [6.45, 7) is 2.11. The Labute approximate surface area is 161 Å². The van der Waals surface area contributed by atoms with Crippen LogP contribution >= 0.6 is 0 Å². The second-order valence-electron chi connectivity index (χ2n) is 8.37. The molecular weight excluding hydrogens is 338 g/mol. The van der Waals surface area contributed by atoms with Crippen LogP contribution in [0.2, 0.25) is 0 Å². The first-order valence-electron chi connectivity index (χ1n) is 10.4. The van der Waals surface area contributed by atoms with Gasteiger partial charge in [0, 0.05) is 24.5 Å². The Kier molecular flexibility index (Phi) is 5.48. The molecule has 0 aliphatic heterocycles. The Morgan fingerprint density at radius 3 is 2.56 bits per heavy atom. The van der Waals surface area contributed by atoms with Crippen LogP contribution in [0.25, 0.3) is 10.9 Å². The van der Waals surface area contributed by atoms with Gasteiger partial charge in [-0.15, -0.1) is 0 Å². The summed E-state index contributed by atoms with van der Waals surface area (Å²) in [5, 5.41) is 9.15. The van der Waals surface area contributed by atoms with E-state index in [9.17, 15) is 4.79 Å². The fraction of sp³-hybridized carbons (Fsp3) is 0.636. The van der Waals surface area contributed by atoms with Crippen molar-refractivity contribution in [2.24, 2.45) is 5.92 Å². The SMILES string of the molecule is COC1CCC(NC(=O)C2CCC(n3ncc4cc(C)ccc43)CC2)CC1. The molecule has 1 N–H and O–H groups in total. The molecule has 1 heterocycles. The molecule has 2 aromatic rings. The summed E-state index contributed by atoms with van der Waals surface area (Å²) in [4.78, 5) is 12.7. The molecular formula is C22H31N3O2. The van der Waals surface area contributed by atoms with Gasteiger partial charge in [0.15, 0.2) is 0 Å². The van der Waals surface area contributed by atoms with Crippen LogP contribution in [0.1, 0.15) is 63.0 Å². The maximum Gasteiger partial charge on any atom is 0.223 e. The second-order valence-corrected chi connectivity index (χ2v) is 8.37. The molecule has 0 unspecified atom stereocenters. The Bertz CT molecular complexity index is 784. The molecule has 0 atom stereocenters. The van der Waals surface area contributed by atoms with Crippen molar-refractivity contribution in [2.45, 2.75) is 76.5 Å². The number of carbonyl (C=O) groups is 1. The number of aryl methyl sites for hydroxylation is 1. The van der Waals surface area contributed by atoms with Crippen LogP contribution in [-0.2, 0) is 9.53 Å². The molecule has 2 aliphatic carbocycles. The van der Waals surface area contributed by atoms with Crippen LogP contribution in [0.5, 0.6) is 0 Å². The molecule has 0 radical (unpaired) electrons. The Balaban J connectivity index is 1.31. The zero-order valence-corrected chi connectivity index (χ0v) is 16.5. The summed E-state index contributed by atoms with van der Waals surface area (Å²) < 4.78 is 7.60. The number of ether oxygens (including phenoxy) is 1. The predicted octanol–water partition coefficient (Wildman–Crippen LogP) is 4.15. The number of hydrogen-bond donors (Lipinski definition) is 1. The summed E-state index contributed by atoms with van der Waals surface area (Å²) in [6.07, 6.45) is 10.5. The lowest BCUT2D eigenvalue weighted by atomic mass is 9.84. The lowest BCUT2D eigenvalue weighted by Gasteiger charge is -2.32. The van der Waals surface area contributed by atoms with Gasteiger partial charge in [-0.05, 0) is 70.4 Å². The molecule has 2 aliphatic rings. The van der Waals surface area contributed by atoms with E-state index in [2.05, 4.69) is 40.2 Å². The van der Waals surface area contributed by atoms with E-state index in [0.29, 0.717) is 18.2 Å². The molecule has 1 aromatic carbocycles. The smallest absolute Gasteiger partial charge is 0.223 e. The molecule has 0 spiro atoms. The highest BCUT2D eigenvalue weighted by Gasteiger charge is 2.30. The number of methoxy groups -OCH3 is 1. The first kappa shape index (κ1) is 18.5. The summed E-state index contributed by atoms with van der Waals surface area (Å²) in [5.41, 5.74) is 2.48. The molecule has 0 saturated heterocycles. The quantitative estimate of drug-likeness (QED) is 0.881. The van der Waals surface area contributed by atoms with Crippen molar-refractivity contribution in [2.75, 3.05) is 7.11 Å². The second kappa shape index (κ2) is 8.01. The maximum absolute atomic E-state index is 12.7. The minimum absolute atomic E-state index is 0.158. The van der Waals surface area contributed by atoms with Gasteiger partial charge in [0.2, 0.25) is 5.91 Å². The van der Waals surface area contributed by atoms with Gasteiger partial charge in [-0.1, -0.05) is 11.6 Å². The average Bonchev–Trinajstić information content (AvgIpc) is 3.11. The predicted molar refractivity (Wildman–Crippen MR) is 107 cm³/mol. The molecule has 146 valence electrons. The van der Waals surface area contributed by atoms with Crippen molar-refractivity contribution in [1.82, 2.24) is 15.1 Å². The first-order valence-corrected chi connectivity index (χ1v) is 10.4. The third-order valence-corrected chi connectivity index (χ3v) is 6.52. The van der Waals surface area contributed by atoms with Crippen LogP contribution in [0.15, 0.2) is 24.4 Å². The molecule has 1 amide bonds. The molecule has 2 fully saturated rings. The molecule has 2 saturated carbocycles. The highest BCUT2D eigenvalue weighted by Crippen LogP contribution is 2.34. The molecule has 5 nitrogen and oxygen atoms in total. The number of rotatable bonds is 4. The number of benzene rings is 1. The van der Waals surface area contributed by atoms with Gasteiger partial charge in [-0.2, -0.15) is 5.10 Å². The number of nitrogens with zero attached hydrogens (tertiary/aromatic N) is 2. The van der Waals surface area contributed by atoms with Gasteiger partial charge in [0.1, 0.15) is 0 Å². The fourth-order valence-corrected chi connectivity index (χ4v) is 4.81. The number of amides is 1. The van der Waals surface area contributed by atoms with E-state index in [1.165, 1.54) is 16.5 Å². The number of aromatic nitrogens is 2. The van der Waals surface area contributed by atoms with E-state index in [0.717, 1.165) is 51.4 Å². The van der Waals surface area contributed by atoms with E-state index < -0.39 is 0 Å². The Morgan fingerprint density at radius 2 is 1.85 bits per heavy atom. The highest BCUT2D eigenvalue weighted by atomic mass is 16.5. The van der Waals surface area contributed by atoms with Crippen LogP contribution in [-0.4, -0.2) is 34.9 Å². The minimum atomic E-state index is 0.158. The molecule has 27 heavy (non-hydrogen) atoms. The van der Waals surface area contributed by atoms with E-state index in [-0.39, 0.29) is 11.8 Å². The van der Waals surface area contributed by atoms with E-state index in [1.807, 2.05) is 6.20 Å². The van der Waals surface area contributed by atoms with Crippen LogP contribution in [0.3, 0.4) is 0 Å². The fourth-order valence-electron chi connectivity index (χ4n) is 4.81. The minimum Gasteiger partial charge on any atom is -0.381 e. The number of fused-ring (bicyclic) bond motifs is 1. The highest BCUT2D eigenvalue weighted by molar-refractivity contribution is 5.80. The van der Waals surface area contributed by atoms with Crippen molar-refractivity contribution >= 4 is 16.8 Å². The molecule has 1 aromatic heterocycles. The number of nitrogens with one attached hydrogen (secondary N) is 1. The van der Waals surface area contributed by atoms with Crippen molar-refractivity contribution < 1.29 is 9.53 Å². The normalized spacial score (nSPS) is 29.0. The number of carbonyl (C=O) groups excluding carboxylic acids is 1. The van der Waals surface area contributed by atoms with Gasteiger partial charge >= 0.3 is 0 Å². The maximum atomic E-state index is 12.7. The van der Waals surface area contributed by atoms with Crippen molar-refractivity contribution in [3.8, 4) is 0 Å². The van der Waals surface area contributed by atoms with E-state index in [4.69, 9.17) is 4.74 Å². The van der Waals surface area contributed by atoms with Crippen molar-refractivity contribution in [3.63, 3.8) is 0 Å². The lowest BCUT2D eigenvalue weighted by Crippen LogP contribution is -2.42. The van der Waals surface area contributed by atoms with Crippen LogP contribution in [0, 0.1) is 12.8 Å². The summed E-state index contributed by atoms with van der Waals surface area (Å²) in [6, 6.07) is 7.26. The lowest BCUT2D eigenvalue weighted by molar-refractivity contribution is -0.127. The average molecular weight is 370 g/mol. The van der Waals surface area contributed by atoms with Crippen LogP contribution < -0.4 is 5.32 Å².